The smallest absolute Gasteiger partial charge is 0.254 e. The van der Waals surface area contributed by atoms with E-state index in [0.29, 0.717) is 11.1 Å². The third kappa shape index (κ3) is 4.10. The number of rotatable bonds is 4. The monoisotopic (exact) mass is 361 g/mol. The number of aryl methyl sites for hydroxylation is 1. The summed E-state index contributed by atoms with van der Waals surface area (Å²) >= 11 is 0. The average molecular weight is 361 g/mol. The fourth-order valence-corrected chi connectivity index (χ4v) is 3.46. The first-order chi connectivity index (χ1) is 11.1. The lowest BCUT2D eigenvalue weighted by Crippen LogP contribution is -2.49. The number of halogens is 2. The predicted octanol–water partition coefficient (Wildman–Crippen LogP) is 2.20. The number of nitrogens with zero attached hydrogens (tertiary/aromatic N) is 1. The Hall–Kier alpha value is -1.54. The minimum absolute atomic E-state index is 0.0487. The highest BCUT2D eigenvalue weighted by Gasteiger charge is 2.31. The van der Waals surface area contributed by atoms with Gasteiger partial charge in [0.2, 0.25) is 6.43 Å². The lowest BCUT2D eigenvalue weighted by molar-refractivity contribution is -0.0216. The highest BCUT2D eigenvalue weighted by Crippen LogP contribution is 2.24. The molecule has 0 saturated carbocycles. The molecule has 1 aromatic carbocycles. The molecule has 8 heteroatoms. The van der Waals surface area contributed by atoms with Gasteiger partial charge in [-0.3, -0.25) is 4.79 Å². The minimum Gasteiger partial charge on any atom is -0.377 e. The highest BCUT2D eigenvalue weighted by molar-refractivity contribution is 7.90. The maximum atomic E-state index is 12.9. The van der Waals surface area contributed by atoms with Gasteiger partial charge in [0.05, 0.1) is 24.2 Å². The molecule has 5 nitrogen and oxygen atoms in total. The van der Waals surface area contributed by atoms with Gasteiger partial charge in [-0.05, 0) is 37.1 Å². The summed E-state index contributed by atoms with van der Waals surface area (Å²) in [6.07, 6.45) is -1.94. The van der Waals surface area contributed by atoms with Crippen molar-refractivity contribution in [1.29, 1.82) is 0 Å². The third-order valence-corrected chi connectivity index (χ3v) is 5.33. The van der Waals surface area contributed by atoms with Crippen LogP contribution in [-0.2, 0) is 14.6 Å². The minimum atomic E-state index is -3.48. The highest BCUT2D eigenvalue weighted by atomic mass is 32.2. The molecule has 1 atom stereocenters. The molecular formula is C16H21F2NO4S. The molecule has 1 amide bonds. The Morgan fingerprint density at radius 1 is 1.38 bits per heavy atom. The van der Waals surface area contributed by atoms with Crippen molar-refractivity contribution in [2.75, 3.05) is 26.0 Å². The lowest BCUT2D eigenvalue weighted by Gasteiger charge is -2.36. The number of hydrogen-bond acceptors (Lipinski definition) is 4. The van der Waals surface area contributed by atoms with Gasteiger partial charge in [0, 0.05) is 24.8 Å². The second-order valence-corrected chi connectivity index (χ2v) is 8.05. The Balaban J connectivity index is 2.42. The van der Waals surface area contributed by atoms with Crippen LogP contribution < -0.4 is 0 Å². The van der Waals surface area contributed by atoms with Crippen LogP contribution in [0.5, 0.6) is 0 Å². The zero-order valence-electron chi connectivity index (χ0n) is 13.9. The Morgan fingerprint density at radius 2 is 2.04 bits per heavy atom. The third-order valence-electron chi connectivity index (χ3n) is 4.24. The number of sulfone groups is 1. The van der Waals surface area contributed by atoms with E-state index in [2.05, 4.69) is 0 Å². The molecule has 1 fully saturated rings. The molecule has 1 unspecified atom stereocenters. The Morgan fingerprint density at radius 3 is 2.62 bits per heavy atom. The summed E-state index contributed by atoms with van der Waals surface area (Å²) < 4.78 is 54.3. The van der Waals surface area contributed by atoms with Crippen molar-refractivity contribution >= 4 is 15.7 Å². The van der Waals surface area contributed by atoms with Gasteiger partial charge in [0.15, 0.2) is 9.84 Å². The van der Waals surface area contributed by atoms with Gasteiger partial charge >= 0.3 is 0 Å². The van der Waals surface area contributed by atoms with Gasteiger partial charge in [-0.25, -0.2) is 17.2 Å². The molecule has 0 spiro atoms. The molecule has 1 aliphatic heterocycles. The molecule has 134 valence electrons. The van der Waals surface area contributed by atoms with E-state index in [-0.39, 0.29) is 30.2 Å². The molecule has 0 aliphatic carbocycles. The number of benzene rings is 1. The van der Waals surface area contributed by atoms with Crippen molar-refractivity contribution in [1.82, 2.24) is 4.90 Å². The SMILES string of the molecule is Cc1cc(S(C)(=O)=O)cc(C(=O)N2CCOCC2CC(F)F)c1C. The number of hydrogen-bond donors (Lipinski definition) is 0. The van der Waals surface area contributed by atoms with Crippen LogP contribution in [0, 0.1) is 13.8 Å². The molecule has 0 bridgehead atoms. The summed E-state index contributed by atoms with van der Waals surface area (Å²) in [5.74, 6) is -0.435. The van der Waals surface area contributed by atoms with Crippen LogP contribution in [0.25, 0.3) is 0 Å². The standard InChI is InChI=1S/C16H21F2NO4S/c1-10-6-13(24(3,21)22)8-14(11(10)2)16(20)19-4-5-23-9-12(19)7-15(17)18/h6,8,12,15H,4-5,7,9H2,1-3H3. The summed E-state index contributed by atoms with van der Waals surface area (Å²) in [6.45, 7) is 3.97. The molecule has 1 heterocycles. The van der Waals surface area contributed by atoms with Crippen LogP contribution in [0.1, 0.15) is 27.9 Å². The number of ether oxygens (including phenoxy) is 1. The maximum absolute atomic E-state index is 12.9. The fraction of sp³-hybridized carbons (Fsp3) is 0.562. The molecule has 0 N–H and O–H groups in total. The van der Waals surface area contributed by atoms with Crippen molar-refractivity contribution in [3.05, 3.63) is 28.8 Å². The van der Waals surface area contributed by atoms with Gasteiger partial charge in [-0.15, -0.1) is 0 Å². The van der Waals surface area contributed by atoms with Gasteiger partial charge < -0.3 is 9.64 Å². The van der Waals surface area contributed by atoms with Crippen molar-refractivity contribution in [3.8, 4) is 0 Å². The predicted molar refractivity (Wildman–Crippen MR) is 85.3 cm³/mol. The molecule has 0 radical (unpaired) electrons. The quantitative estimate of drug-likeness (QED) is 0.825. The molecule has 2 rings (SSSR count). The van der Waals surface area contributed by atoms with Crippen LogP contribution in [0.15, 0.2) is 17.0 Å². The van der Waals surface area contributed by atoms with Crippen molar-refractivity contribution in [2.24, 2.45) is 0 Å². The fourth-order valence-electron chi connectivity index (χ4n) is 2.74. The normalized spacial score (nSPS) is 18.9. The number of amides is 1. The van der Waals surface area contributed by atoms with E-state index in [1.54, 1.807) is 13.8 Å². The van der Waals surface area contributed by atoms with E-state index < -0.39 is 34.6 Å². The van der Waals surface area contributed by atoms with Crippen molar-refractivity contribution in [3.63, 3.8) is 0 Å². The second-order valence-electron chi connectivity index (χ2n) is 6.04. The number of carbonyl (C=O) groups excluding carboxylic acids is 1. The first-order valence-corrected chi connectivity index (χ1v) is 9.48. The number of morpholine rings is 1. The molecule has 1 saturated heterocycles. The van der Waals surface area contributed by atoms with E-state index >= 15 is 0 Å². The average Bonchev–Trinajstić information content (AvgIpc) is 2.48. The van der Waals surface area contributed by atoms with Crippen molar-refractivity contribution in [2.45, 2.75) is 37.6 Å². The largest absolute Gasteiger partial charge is 0.377 e. The first-order valence-electron chi connectivity index (χ1n) is 7.59. The Labute approximate surface area is 140 Å². The molecule has 1 aliphatic rings. The van der Waals surface area contributed by atoms with E-state index in [1.807, 2.05) is 0 Å². The molecule has 24 heavy (non-hydrogen) atoms. The van der Waals surface area contributed by atoms with E-state index in [1.165, 1.54) is 17.0 Å². The van der Waals surface area contributed by atoms with E-state index in [9.17, 15) is 22.0 Å². The first kappa shape index (κ1) is 18.8. The van der Waals surface area contributed by atoms with Crippen LogP contribution >= 0.6 is 0 Å². The lowest BCUT2D eigenvalue weighted by atomic mass is 10.0. The molecular weight excluding hydrogens is 340 g/mol. The van der Waals surface area contributed by atoms with Crippen molar-refractivity contribution < 1.29 is 26.7 Å². The summed E-state index contributed by atoms with van der Waals surface area (Å²) in [5, 5.41) is 0. The summed E-state index contributed by atoms with van der Waals surface area (Å²) in [4.78, 5) is 14.3. The van der Waals surface area contributed by atoms with Crippen LogP contribution in [0.4, 0.5) is 8.78 Å². The summed E-state index contributed by atoms with van der Waals surface area (Å²) in [5.41, 5.74) is 1.55. The van der Waals surface area contributed by atoms with Gasteiger partial charge in [0.25, 0.3) is 5.91 Å². The number of carbonyl (C=O) groups is 1. The summed E-state index contributed by atoms with van der Waals surface area (Å²) in [6, 6.07) is 2.12. The van der Waals surface area contributed by atoms with Crippen LogP contribution in [0.2, 0.25) is 0 Å². The zero-order chi connectivity index (χ0) is 18.1. The molecule has 1 aromatic rings. The van der Waals surface area contributed by atoms with Crippen LogP contribution in [0.3, 0.4) is 0 Å². The zero-order valence-corrected chi connectivity index (χ0v) is 14.7. The number of alkyl halides is 2. The van der Waals surface area contributed by atoms with Gasteiger partial charge in [-0.2, -0.15) is 0 Å². The second kappa shape index (κ2) is 7.14. The Bertz CT molecular complexity index is 734. The van der Waals surface area contributed by atoms with Gasteiger partial charge in [0.1, 0.15) is 0 Å². The van der Waals surface area contributed by atoms with Gasteiger partial charge in [-0.1, -0.05) is 0 Å². The van der Waals surface area contributed by atoms with E-state index in [0.717, 1.165) is 6.26 Å². The Kier molecular flexibility index (Phi) is 5.59. The molecule has 0 aromatic heterocycles. The summed E-state index contributed by atoms with van der Waals surface area (Å²) in [7, 11) is -3.48. The topological polar surface area (TPSA) is 63.7 Å². The van der Waals surface area contributed by atoms with Crippen LogP contribution in [-0.4, -0.2) is 57.7 Å². The van der Waals surface area contributed by atoms with E-state index in [4.69, 9.17) is 4.74 Å². The maximum Gasteiger partial charge on any atom is 0.254 e.